The summed E-state index contributed by atoms with van der Waals surface area (Å²) in [5.74, 6) is 0.293. The van der Waals surface area contributed by atoms with Gasteiger partial charge in [-0.2, -0.15) is 0 Å². The Labute approximate surface area is 159 Å². The molecule has 0 radical (unpaired) electrons. The first-order valence-corrected chi connectivity index (χ1v) is 8.60. The number of nitrogens with zero attached hydrogens (tertiary/aromatic N) is 1. The number of piperidine rings is 1. The Hall–Kier alpha value is -2.11. The normalized spacial score (nSPS) is 14.6. The quantitative estimate of drug-likeness (QED) is 0.863. The van der Waals surface area contributed by atoms with Crippen molar-refractivity contribution < 1.29 is 13.9 Å². The largest absolute Gasteiger partial charge is 0.488 e. The minimum Gasteiger partial charge on any atom is -0.488 e. The van der Waals surface area contributed by atoms with E-state index in [1.807, 2.05) is 24.1 Å². The minimum atomic E-state index is -0.274. The Bertz CT molecular complexity index is 716. The van der Waals surface area contributed by atoms with Gasteiger partial charge in [0.2, 0.25) is 0 Å². The highest BCUT2D eigenvalue weighted by Crippen LogP contribution is 2.23. The molecule has 2 aromatic carbocycles. The lowest BCUT2D eigenvalue weighted by atomic mass is 10.0. The lowest BCUT2D eigenvalue weighted by molar-refractivity contribution is 0.0702. The number of rotatable bonds is 5. The number of nitrogens with one attached hydrogen (secondary N) is 1. The second kappa shape index (κ2) is 9.55. The monoisotopic (exact) mass is 378 g/mol. The zero-order valence-corrected chi connectivity index (χ0v) is 15.6. The van der Waals surface area contributed by atoms with Crippen LogP contribution in [0.1, 0.15) is 28.8 Å². The molecule has 1 amide bonds. The Morgan fingerprint density at radius 2 is 1.81 bits per heavy atom. The van der Waals surface area contributed by atoms with Gasteiger partial charge in [-0.3, -0.25) is 4.79 Å². The summed E-state index contributed by atoms with van der Waals surface area (Å²) in [5.41, 5.74) is 1.44. The molecule has 0 saturated carbocycles. The van der Waals surface area contributed by atoms with E-state index in [4.69, 9.17) is 4.74 Å². The highest BCUT2D eigenvalue weighted by atomic mass is 35.5. The van der Waals surface area contributed by atoms with Gasteiger partial charge < -0.3 is 15.0 Å². The van der Waals surface area contributed by atoms with Crippen molar-refractivity contribution >= 4 is 18.3 Å². The smallest absolute Gasteiger partial charge is 0.257 e. The van der Waals surface area contributed by atoms with E-state index in [-0.39, 0.29) is 24.1 Å². The van der Waals surface area contributed by atoms with Crippen LogP contribution in [0.3, 0.4) is 0 Å². The van der Waals surface area contributed by atoms with Crippen molar-refractivity contribution in [1.29, 1.82) is 0 Å². The van der Waals surface area contributed by atoms with Gasteiger partial charge in [-0.1, -0.05) is 24.3 Å². The molecule has 0 aromatic heterocycles. The topological polar surface area (TPSA) is 41.6 Å². The number of hydrogen-bond acceptors (Lipinski definition) is 3. The van der Waals surface area contributed by atoms with Gasteiger partial charge in [-0.15, -0.1) is 12.4 Å². The van der Waals surface area contributed by atoms with E-state index in [2.05, 4.69) is 5.32 Å². The van der Waals surface area contributed by atoms with Gasteiger partial charge in [-0.05, 0) is 49.7 Å². The van der Waals surface area contributed by atoms with E-state index >= 15 is 0 Å². The van der Waals surface area contributed by atoms with E-state index in [9.17, 15) is 9.18 Å². The number of halogens is 2. The molecule has 1 aliphatic heterocycles. The molecule has 1 fully saturated rings. The highest BCUT2D eigenvalue weighted by molar-refractivity contribution is 5.97. The van der Waals surface area contributed by atoms with Crippen LogP contribution in [0.15, 0.2) is 48.5 Å². The van der Waals surface area contributed by atoms with Crippen LogP contribution in [0.4, 0.5) is 4.39 Å². The Morgan fingerprint density at radius 3 is 2.46 bits per heavy atom. The average molecular weight is 379 g/mol. The number of likely N-dealkylation sites (tertiary alicyclic amines) is 1. The molecule has 1 heterocycles. The fourth-order valence-corrected chi connectivity index (χ4v) is 3.05. The fourth-order valence-electron chi connectivity index (χ4n) is 3.05. The van der Waals surface area contributed by atoms with Crippen LogP contribution < -0.4 is 10.1 Å². The molecule has 140 valence electrons. The summed E-state index contributed by atoms with van der Waals surface area (Å²) in [6.07, 6.45) is 1.92. The van der Waals surface area contributed by atoms with Gasteiger partial charge >= 0.3 is 0 Å². The van der Waals surface area contributed by atoms with Gasteiger partial charge in [0.15, 0.2) is 0 Å². The Morgan fingerprint density at radius 1 is 1.15 bits per heavy atom. The summed E-state index contributed by atoms with van der Waals surface area (Å²) >= 11 is 0. The zero-order chi connectivity index (χ0) is 17.6. The summed E-state index contributed by atoms with van der Waals surface area (Å²) in [6.45, 7) is 1.79. The molecule has 0 atom stereocenters. The van der Waals surface area contributed by atoms with Gasteiger partial charge in [0, 0.05) is 19.1 Å². The van der Waals surface area contributed by atoms with Crippen molar-refractivity contribution in [2.24, 2.45) is 0 Å². The summed E-state index contributed by atoms with van der Waals surface area (Å²) in [7, 11) is 1.96. The van der Waals surface area contributed by atoms with Crippen molar-refractivity contribution in [1.82, 2.24) is 10.2 Å². The van der Waals surface area contributed by atoms with Crippen LogP contribution in [0.25, 0.3) is 0 Å². The third kappa shape index (κ3) is 4.96. The number of amides is 1. The molecule has 1 aliphatic rings. The first-order chi connectivity index (χ1) is 12.2. The Balaban J connectivity index is 0.00000243. The number of para-hydroxylation sites is 1. The van der Waals surface area contributed by atoms with Crippen molar-refractivity contribution in [3.05, 3.63) is 65.5 Å². The van der Waals surface area contributed by atoms with Crippen LogP contribution in [0.2, 0.25) is 0 Å². The molecule has 0 unspecified atom stereocenters. The predicted octanol–water partition coefficient (Wildman–Crippen LogP) is 3.65. The zero-order valence-electron chi connectivity index (χ0n) is 14.8. The minimum absolute atomic E-state index is 0. The van der Waals surface area contributed by atoms with Crippen LogP contribution in [0, 0.1) is 5.82 Å². The lowest BCUT2D eigenvalue weighted by Crippen LogP contribution is -2.44. The number of carbonyl (C=O) groups is 1. The first kappa shape index (κ1) is 20.2. The summed E-state index contributed by atoms with van der Waals surface area (Å²) in [4.78, 5) is 14.7. The standard InChI is InChI=1S/C20H23FN2O2.ClH/c1-22-17-10-12-23(13-11-17)20(24)18-4-2-3-5-19(18)25-14-15-6-8-16(21)9-7-15;/h2-9,17,22H,10-14H2,1H3;1H. The number of ether oxygens (including phenoxy) is 1. The highest BCUT2D eigenvalue weighted by Gasteiger charge is 2.24. The third-order valence-electron chi connectivity index (χ3n) is 4.62. The van der Waals surface area contributed by atoms with Gasteiger partial charge in [-0.25, -0.2) is 4.39 Å². The lowest BCUT2D eigenvalue weighted by Gasteiger charge is -2.32. The van der Waals surface area contributed by atoms with Crippen LogP contribution in [-0.2, 0) is 6.61 Å². The molecule has 1 N–H and O–H groups in total. The fraction of sp³-hybridized carbons (Fsp3) is 0.350. The van der Waals surface area contributed by atoms with Gasteiger partial charge in [0.1, 0.15) is 18.2 Å². The van der Waals surface area contributed by atoms with Crippen LogP contribution in [0.5, 0.6) is 5.75 Å². The van der Waals surface area contributed by atoms with Gasteiger partial charge in [0.05, 0.1) is 5.56 Å². The molecule has 6 heteroatoms. The molecule has 0 spiro atoms. The van der Waals surface area contributed by atoms with Crippen molar-refractivity contribution in [3.63, 3.8) is 0 Å². The summed E-state index contributed by atoms with van der Waals surface area (Å²) in [5, 5.41) is 3.27. The molecule has 3 rings (SSSR count). The average Bonchev–Trinajstić information content (AvgIpc) is 2.67. The van der Waals surface area contributed by atoms with Crippen molar-refractivity contribution in [3.8, 4) is 5.75 Å². The van der Waals surface area contributed by atoms with E-state index in [1.165, 1.54) is 12.1 Å². The maximum atomic E-state index is 13.0. The Kier molecular flexibility index (Phi) is 7.42. The SMILES string of the molecule is CNC1CCN(C(=O)c2ccccc2OCc2ccc(F)cc2)CC1.Cl. The van der Waals surface area contributed by atoms with Crippen LogP contribution >= 0.6 is 12.4 Å². The molecule has 4 nitrogen and oxygen atoms in total. The number of carbonyl (C=O) groups excluding carboxylic acids is 1. The predicted molar refractivity (Wildman–Crippen MR) is 102 cm³/mol. The second-order valence-corrected chi connectivity index (χ2v) is 6.27. The summed E-state index contributed by atoms with van der Waals surface area (Å²) < 4.78 is 18.8. The van der Waals surface area contributed by atoms with Gasteiger partial charge in [0.25, 0.3) is 5.91 Å². The second-order valence-electron chi connectivity index (χ2n) is 6.27. The molecule has 0 aliphatic carbocycles. The molecule has 2 aromatic rings. The van der Waals surface area contributed by atoms with E-state index in [0.29, 0.717) is 24.0 Å². The maximum Gasteiger partial charge on any atom is 0.257 e. The number of hydrogen-bond donors (Lipinski definition) is 1. The molecular formula is C20H24ClFN2O2. The van der Waals surface area contributed by atoms with Crippen LogP contribution in [-0.4, -0.2) is 37.0 Å². The van der Waals surface area contributed by atoms with E-state index < -0.39 is 0 Å². The first-order valence-electron chi connectivity index (χ1n) is 8.60. The molecular weight excluding hydrogens is 355 g/mol. The molecule has 26 heavy (non-hydrogen) atoms. The van der Waals surface area contributed by atoms with E-state index in [0.717, 1.165) is 31.5 Å². The summed E-state index contributed by atoms with van der Waals surface area (Å²) in [6, 6.07) is 14.0. The molecule has 0 bridgehead atoms. The maximum absolute atomic E-state index is 13.0. The van der Waals surface area contributed by atoms with Crippen molar-refractivity contribution in [2.45, 2.75) is 25.5 Å². The van der Waals surface area contributed by atoms with E-state index in [1.54, 1.807) is 24.3 Å². The van der Waals surface area contributed by atoms with Crippen molar-refractivity contribution in [2.75, 3.05) is 20.1 Å². The molecule has 1 saturated heterocycles. The number of benzene rings is 2. The third-order valence-corrected chi connectivity index (χ3v) is 4.62.